The van der Waals surface area contributed by atoms with Gasteiger partial charge in [0.05, 0.1) is 17.3 Å². The van der Waals surface area contributed by atoms with Gasteiger partial charge < -0.3 is 16.1 Å². The molecular formula is C21H24ClN7. The first-order valence-corrected chi connectivity index (χ1v) is 9.73. The van der Waals surface area contributed by atoms with Gasteiger partial charge >= 0.3 is 0 Å². The summed E-state index contributed by atoms with van der Waals surface area (Å²) in [5.74, 6) is 0.385. The topological polar surface area (TPSA) is 113 Å². The number of nitrogens with one attached hydrogen (secondary N) is 1. The molecule has 150 valence electrons. The molecular weight excluding hydrogens is 386 g/mol. The molecule has 0 spiro atoms. The third-order valence-electron chi connectivity index (χ3n) is 4.90. The highest BCUT2D eigenvalue weighted by atomic mass is 35.5. The Kier molecular flexibility index (Phi) is 6.49. The summed E-state index contributed by atoms with van der Waals surface area (Å²) in [7, 11) is 3.40. The highest BCUT2D eigenvalue weighted by molar-refractivity contribution is 6.35. The van der Waals surface area contributed by atoms with Gasteiger partial charge in [-0.05, 0) is 24.0 Å². The maximum absolute atomic E-state index is 8.70. The van der Waals surface area contributed by atoms with Crippen molar-refractivity contribution < 1.29 is 0 Å². The van der Waals surface area contributed by atoms with Gasteiger partial charge in [0.1, 0.15) is 5.84 Å². The standard InChI is InChI=1S/C21H24ClN7/c1-12-10-16(23)18(19(26-3)13-6-4-5-7-15(13)22)20-14(12)11-27-21(29-20)28-17(24)8-9-25-2/h4-7,9,11-12,18,23H,8,10H2,1-3H3,(H2,24,27,28,29). The minimum atomic E-state index is -0.401. The minimum absolute atomic E-state index is 0.140. The molecule has 0 saturated carbocycles. The maximum Gasteiger partial charge on any atom is 0.251 e. The summed E-state index contributed by atoms with van der Waals surface area (Å²) in [5, 5.41) is 9.30. The fourth-order valence-electron chi connectivity index (χ4n) is 3.51. The summed E-state index contributed by atoms with van der Waals surface area (Å²) in [4.78, 5) is 21.8. The average molecular weight is 410 g/mol. The predicted octanol–water partition coefficient (Wildman–Crippen LogP) is 3.94. The van der Waals surface area contributed by atoms with E-state index in [0.29, 0.717) is 35.1 Å². The Morgan fingerprint density at radius 1 is 1.34 bits per heavy atom. The predicted molar refractivity (Wildman–Crippen MR) is 120 cm³/mol. The van der Waals surface area contributed by atoms with E-state index in [2.05, 4.69) is 31.9 Å². The van der Waals surface area contributed by atoms with E-state index in [-0.39, 0.29) is 11.9 Å². The first kappa shape index (κ1) is 20.8. The third kappa shape index (κ3) is 4.40. The highest BCUT2D eigenvalue weighted by Gasteiger charge is 2.35. The van der Waals surface area contributed by atoms with Crippen LogP contribution in [0.2, 0.25) is 5.02 Å². The number of halogens is 1. The average Bonchev–Trinajstić information content (AvgIpc) is 2.70. The molecule has 0 saturated heterocycles. The van der Waals surface area contributed by atoms with E-state index in [4.69, 9.17) is 22.7 Å². The fraction of sp³-hybridized carbons (Fsp3) is 0.333. The largest absolute Gasteiger partial charge is 0.387 e. The van der Waals surface area contributed by atoms with Crippen molar-refractivity contribution in [3.63, 3.8) is 0 Å². The number of aliphatic imine (C=N–C) groups is 3. The molecule has 0 aliphatic heterocycles. The molecule has 1 aliphatic carbocycles. The van der Waals surface area contributed by atoms with Crippen LogP contribution >= 0.6 is 11.6 Å². The third-order valence-corrected chi connectivity index (χ3v) is 5.23. The number of amidine groups is 1. The lowest BCUT2D eigenvalue weighted by Crippen LogP contribution is -2.30. The maximum atomic E-state index is 8.70. The Balaban J connectivity index is 2.11. The van der Waals surface area contributed by atoms with E-state index in [1.165, 1.54) is 0 Å². The van der Waals surface area contributed by atoms with Crippen LogP contribution in [0.3, 0.4) is 0 Å². The van der Waals surface area contributed by atoms with Gasteiger partial charge in [-0.1, -0.05) is 36.7 Å². The minimum Gasteiger partial charge on any atom is -0.387 e. The van der Waals surface area contributed by atoms with Crippen molar-refractivity contribution in [3.05, 3.63) is 52.3 Å². The summed E-state index contributed by atoms with van der Waals surface area (Å²) >= 11 is 6.43. The molecule has 3 N–H and O–H groups in total. The quantitative estimate of drug-likeness (QED) is 0.575. The molecule has 8 heteroatoms. The monoisotopic (exact) mass is 409 g/mol. The van der Waals surface area contributed by atoms with E-state index in [1.54, 1.807) is 26.5 Å². The Hall–Kier alpha value is -2.93. The van der Waals surface area contributed by atoms with Crippen LogP contribution in [0.4, 0.5) is 5.95 Å². The number of fused-ring (bicyclic) bond motifs is 1. The second-order valence-electron chi connectivity index (χ2n) is 6.91. The van der Waals surface area contributed by atoms with Gasteiger partial charge in [0.2, 0.25) is 0 Å². The SMILES string of the molecule is CN=CCC(N)=Nc1ncc2c(n1)C(C(=NC)c1ccccc1Cl)C(=N)CC2C. The molecule has 29 heavy (non-hydrogen) atoms. The zero-order valence-electron chi connectivity index (χ0n) is 16.7. The van der Waals surface area contributed by atoms with E-state index in [0.717, 1.165) is 16.8 Å². The molecule has 2 aromatic rings. The molecule has 7 nitrogen and oxygen atoms in total. The molecule has 1 heterocycles. The summed E-state index contributed by atoms with van der Waals surface area (Å²) in [6.45, 7) is 2.07. The second-order valence-corrected chi connectivity index (χ2v) is 7.32. The van der Waals surface area contributed by atoms with Gasteiger partial charge in [0, 0.05) is 49.2 Å². The molecule has 0 amide bonds. The highest BCUT2D eigenvalue weighted by Crippen LogP contribution is 2.38. The van der Waals surface area contributed by atoms with Crippen molar-refractivity contribution in [1.82, 2.24) is 9.97 Å². The van der Waals surface area contributed by atoms with E-state index in [9.17, 15) is 0 Å². The van der Waals surface area contributed by atoms with Gasteiger partial charge in [-0.25, -0.2) is 9.97 Å². The number of nitrogens with two attached hydrogens (primary N) is 1. The van der Waals surface area contributed by atoms with Crippen LogP contribution in [0, 0.1) is 5.41 Å². The van der Waals surface area contributed by atoms with Gasteiger partial charge in [-0.3, -0.25) is 4.99 Å². The Bertz CT molecular complexity index is 1010. The van der Waals surface area contributed by atoms with Crippen LogP contribution in [0.15, 0.2) is 45.4 Å². The van der Waals surface area contributed by atoms with Crippen LogP contribution in [0.1, 0.15) is 48.4 Å². The van der Waals surface area contributed by atoms with Crippen molar-refractivity contribution in [2.75, 3.05) is 14.1 Å². The fourth-order valence-corrected chi connectivity index (χ4v) is 3.74. The molecule has 3 rings (SSSR count). The molecule has 2 unspecified atom stereocenters. The van der Waals surface area contributed by atoms with E-state index in [1.807, 2.05) is 24.3 Å². The Morgan fingerprint density at radius 2 is 2.10 bits per heavy atom. The summed E-state index contributed by atoms with van der Waals surface area (Å²) in [6.07, 6.45) is 4.50. The zero-order valence-corrected chi connectivity index (χ0v) is 17.5. The van der Waals surface area contributed by atoms with Crippen LogP contribution in [-0.2, 0) is 0 Å². The van der Waals surface area contributed by atoms with Crippen molar-refractivity contribution in [3.8, 4) is 0 Å². The summed E-state index contributed by atoms with van der Waals surface area (Å²) in [5.41, 5.74) is 9.74. The molecule has 0 radical (unpaired) electrons. The molecule has 0 fully saturated rings. The molecule has 0 bridgehead atoms. The lowest BCUT2D eigenvalue weighted by Gasteiger charge is -2.30. The van der Waals surface area contributed by atoms with Gasteiger partial charge in [-0.15, -0.1) is 0 Å². The summed E-state index contributed by atoms with van der Waals surface area (Å²) in [6, 6.07) is 7.52. The van der Waals surface area contributed by atoms with Gasteiger partial charge in [0.25, 0.3) is 5.95 Å². The molecule has 1 aromatic heterocycles. The number of hydrogen-bond donors (Lipinski definition) is 2. The first-order valence-electron chi connectivity index (χ1n) is 9.35. The summed E-state index contributed by atoms with van der Waals surface area (Å²) < 4.78 is 0. The van der Waals surface area contributed by atoms with E-state index < -0.39 is 5.92 Å². The Morgan fingerprint density at radius 3 is 2.79 bits per heavy atom. The lowest BCUT2D eigenvalue weighted by molar-refractivity contribution is 0.723. The lowest BCUT2D eigenvalue weighted by atomic mass is 9.76. The van der Waals surface area contributed by atoms with Crippen LogP contribution in [-0.4, -0.2) is 47.5 Å². The second kappa shape index (κ2) is 9.05. The molecule has 1 aromatic carbocycles. The number of hydrogen-bond acceptors (Lipinski definition) is 6. The number of nitrogens with zero attached hydrogens (tertiary/aromatic N) is 5. The van der Waals surface area contributed by atoms with Gasteiger partial charge in [-0.2, -0.15) is 4.99 Å². The molecule has 1 aliphatic rings. The van der Waals surface area contributed by atoms with Crippen molar-refractivity contribution in [2.24, 2.45) is 20.7 Å². The number of aromatic nitrogens is 2. The Labute approximate surface area is 175 Å². The van der Waals surface area contributed by atoms with Gasteiger partial charge in [0.15, 0.2) is 0 Å². The molecule has 2 atom stereocenters. The number of benzene rings is 1. The van der Waals surface area contributed by atoms with Crippen molar-refractivity contribution in [2.45, 2.75) is 31.6 Å². The van der Waals surface area contributed by atoms with Crippen LogP contribution in [0.25, 0.3) is 0 Å². The number of rotatable bonds is 5. The van der Waals surface area contributed by atoms with E-state index >= 15 is 0 Å². The van der Waals surface area contributed by atoms with Crippen molar-refractivity contribution in [1.29, 1.82) is 5.41 Å². The van der Waals surface area contributed by atoms with Crippen LogP contribution < -0.4 is 5.73 Å². The normalized spacial score (nSPS) is 20.2. The van der Waals surface area contributed by atoms with Crippen LogP contribution in [0.5, 0.6) is 0 Å². The van der Waals surface area contributed by atoms with Crippen molar-refractivity contribution >= 4 is 41.0 Å². The zero-order chi connectivity index (χ0) is 21.0. The smallest absolute Gasteiger partial charge is 0.251 e. The first-order chi connectivity index (χ1) is 14.0.